The molecule has 2 atom stereocenters. The van der Waals surface area contributed by atoms with E-state index in [1.54, 1.807) is 11.1 Å². The van der Waals surface area contributed by atoms with Gasteiger partial charge in [0, 0.05) is 44.0 Å². The molecule has 1 amide bonds. The predicted molar refractivity (Wildman–Crippen MR) is 168 cm³/mol. The molecule has 1 aromatic carbocycles. The van der Waals surface area contributed by atoms with E-state index < -0.39 is 5.82 Å². The Kier molecular flexibility index (Phi) is 10.3. The van der Waals surface area contributed by atoms with Gasteiger partial charge in [0.05, 0.1) is 11.8 Å². The summed E-state index contributed by atoms with van der Waals surface area (Å²) < 4.78 is 24.3. The van der Waals surface area contributed by atoms with Gasteiger partial charge in [-0.25, -0.2) is 14.4 Å². The fourth-order valence-electron chi connectivity index (χ4n) is 7.22. The molecule has 0 bridgehead atoms. The summed E-state index contributed by atoms with van der Waals surface area (Å²) in [5, 5.41) is 0. The highest BCUT2D eigenvalue weighted by atomic mass is 32.2. The van der Waals surface area contributed by atoms with Crippen LogP contribution in [0.15, 0.2) is 30.7 Å². The number of aromatic nitrogens is 2. The van der Waals surface area contributed by atoms with Crippen LogP contribution < -0.4 is 14.4 Å². The largest absolute Gasteiger partial charge is 0.451 e. The highest BCUT2D eigenvalue weighted by Crippen LogP contribution is 2.47. The Hall–Kier alpha value is -2.43. The van der Waals surface area contributed by atoms with Crippen molar-refractivity contribution in [3.05, 3.63) is 42.1 Å². The van der Waals surface area contributed by atoms with E-state index in [1.165, 1.54) is 69.7 Å². The van der Waals surface area contributed by atoms with Crippen LogP contribution in [0.1, 0.15) is 76.6 Å². The van der Waals surface area contributed by atoms with Gasteiger partial charge in [-0.1, -0.05) is 25.3 Å². The average molecular weight is 599 g/mol. The van der Waals surface area contributed by atoms with Crippen LogP contribution in [0.3, 0.4) is 0 Å². The lowest BCUT2D eigenvalue weighted by Crippen LogP contribution is -2.48. The number of halogens is 1. The fourth-order valence-corrected chi connectivity index (χ4v) is 7.96. The molecule has 2 aromatic rings. The molecule has 1 saturated carbocycles. The quantitative estimate of drug-likeness (QED) is 0.316. The van der Waals surface area contributed by atoms with Crippen molar-refractivity contribution >= 4 is 23.7 Å². The van der Waals surface area contributed by atoms with Crippen LogP contribution in [0.5, 0.6) is 11.5 Å². The summed E-state index contributed by atoms with van der Waals surface area (Å²) >= 11 is 1.88. The van der Waals surface area contributed by atoms with Gasteiger partial charge in [0.15, 0.2) is 11.6 Å². The van der Waals surface area contributed by atoms with Gasteiger partial charge >= 0.3 is 0 Å². The van der Waals surface area contributed by atoms with E-state index in [1.807, 2.05) is 32.7 Å². The SMILES string of the molecule is CCSNC1CCCC12CCN(CC1CCN(c3ncncc3Oc3ccc(F)cc3C(=O)N(CC)C(C)C)C1)CC2. The molecule has 1 spiro atoms. The van der Waals surface area contributed by atoms with Gasteiger partial charge in [-0.05, 0) is 95.5 Å². The van der Waals surface area contributed by atoms with Gasteiger partial charge in [-0.15, -0.1) is 0 Å². The molecule has 0 radical (unpaired) electrons. The Morgan fingerprint density at radius 2 is 2.00 bits per heavy atom. The monoisotopic (exact) mass is 598 g/mol. The Labute approximate surface area is 254 Å². The molecule has 3 fully saturated rings. The highest BCUT2D eigenvalue weighted by Gasteiger charge is 2.45. The summed E-state index contributed by atoms with van der Waals surface area (Å²) in [6, 6.07) is 4.75. The number of ether oxygens (including phenoxy) is 1. The smallest absolute Gasteiger partial charge is 0.257 e. The summed E-state index contributed by atoms with van der Waals surface area (Å²) in [7, 11) is 0. The predicted octanol–water partition coefficient (Wildman–Crippen LogP) is 6.00. The molecule has 2 aliphatic heterocycles. The number of carbonyl (C=O) groups is 1. The molecule has 10 heteroatoms. The fraction of sp³-hybridized carbons (Fsp3) is 0.656. The van der Waals surface area contributed by atoms with E-state index in [2.05, 4.69) is 31.4 Å². The molecule has 42 heavy (non-hydrogen) atoms. The number of hydrogen-bond donors (Lipinski definition) is 1. The molecule has 2 unspecified atom stereocenters. The first-order valence-corrected chi connectivity index (χ1v) is 16.7. The van der Waals surface area contributed by atoms with Crippen molar-refractivity contribution in [2.75, 3.05) is 49.9 Å². The van der Waals surface area contributed by atoms with Gasteiger partial charge in [-0.2, -0.15) is 0 Å². The van der Waals surface area contributed by atoms with Crippen molar-refractivity contribution in [1.29, 1.82) is 0 Å². The standard InChI is InChI=1S/C32H47FN6O2S/c1-5-39(23(3)4)31(40)26-18-25(33)9-10-27(26)41-28-19-34-22-35-30(28)38-15-11-24(21-38)20-37-16-13-32(14-17-37)12-7-8-29(32)36-42-6-2/h9-10,18-19,22-24,29,36H,5-8,11-17,20-21H2,1-4H3. The number of nitrogens with one attached hydrogen (secondary N) is 1. The van der Waals surface area contributed by atoms with Gasteiger partial charge in [-0.3, -0.25) is 9.52 Å². The second-order valence-electron chi connectivity index (χ2n) is 12.4. The number of nitrogens with zero attached hydrogens (tertiary/aromatic N) is 5. The summed E-state index contributed by atoms with van der Waals surface area (Å²) in [6.45, 7) is 13.8. The summed E-state index contributed by atoms with van der Waals surface area (Å²) in [5.41, 5.74) is 0.688. The van der Waals surface area contributed by atoms with Crippen LogP contribution in [-0.4, -0.2) is 82.8 Å². The van der Waals surface area contributed by atoms with Gasteiger partial charge in [0.2, 0.25) is 0 Å². The maximum absolute atomic E-state index is 14.3. The molecule has 8 nitrogen and oxygen atoms in total. The second kappa shape index (κ2) is 13.9. The number of piperidine rings is 1. The highest BCUT2D eigenvalue weighted by molar-refractivity contribution is 7.97. The van der Waals surface area contributed by atoms with E-state index in [0.29, 0.717) is 35.4 Å². The number of benzene rings is 1. The second-order valence-corrected chi connectivity index (χ2v) is 13.5. The van der Waals surface area contributed by atoms with Gasteiger partial charge in [0.25, 0.3) is 5.91 Å². The first-order valence-electron chi connectivity index (χ1n) is 15.8. The minimum absolute atomic E-state index is 0.0162. The molecule has 230 valence electrons. The lowest BCUT2D eigenvalue weighted by molar-refractivity contribution is 0.0713. The van der Waals surface area contributed by atoms with Crippen LogP contribution >= 0.6 is 11.9 Å². The normalized spacial score (nSPS) is 22.3. The number of carbonyl (C=O) groups excluding carboxylic acids is 1. The van der Waals surface area contributed by atoms with E-state index in [4.69, 9.17) is 4.74 Å². The average Bonchev–Trinajstić information content (AvgIpc) is 3.61. The van der Waals surface area contributed by atoms with Crippen LogP contribution in [-0.2, 0) is 0 Å². The van der Waals surface area contributed by atoms with Crippen molar-refractivity contribution in [2.45, 2.75) is 78.3 Å². The van der Waals surface area contributed by atoms with E-state index in [-0.39, 0.29) is 17.5 Å². The Morgan fingerprint density at radius 3 is 2.74 bits per heavy atom. The molecule has 1 aliphatic carbocycles. The van der Waals surface area contributed by atoms with Crippen molar-refractivity contribution < 1.29 is 13.9 Å². The third-order valence-electron chi connectivity index (χ3n) is 9.51. The third-order valence-corrected chi connectivity index (χ3v) is 10.2. The molecule has 3 aliphatic rings. The zero-order chi connectivity index (χ0) is 29.7. The Bertz CT molecular complexity index is 1210. The summed E-state index contributed by atoms with van der Waals surface area (Å²) in [5.74, 6) is 2.46. The Balaban J connectivity index is 1.22. The third kappa shape index (κ3) is 6.86. The van der Waals surface area contributed by atoms with E-state index >= 15 is 0 Å². The summed E-state index contributed by atoms with van der Waals surface area (Å²) in [6.07, 6.45) is 10.9. The lowest BCUT2D eigenvalue weighted by atomic mass is 9.74. The number of amides is 1. The topological polar surface area (TPSA) is 73.8 Å². The van der Waals surface area contributed by atoms with Crippen molar-refractivity contribution in [3.63, 3.8) is 0 Å². The molecular weight excluding hydrogens is 551 g/mol. The number of hydrogen-bond acceptors (Lipinski definition) is 8. The van der Waals surface area contributed by atoms with Crippen molar-refractivity contribution in [2.24, 2.45) is 11.3 Å². The molecule has 1 N–H and O–H groups in total. The van der Waals surface area contributed by atoms with Crippen LogP contribution in [0.25, 0.3) is 0 Å². The van der Waals surface area contributed by atoms with Crippen LogP contribution in [0.2, 0.25) is 0 Å². The zero-order valence-electron chi connectivity index (χ0n) is 25.6. The maximum atomic E-state index is 14.3. The summed E-state index contributed by atoms with van der Waals surface area (Å²) in [4.78, 5) is 28.8. The van der Waals surface area contributed by atoms with E-state index in [0.717, 1.165) is 37.6 Å². The minimum atomic E-state index is -0.472. The number of rotatable bonds is 11. The van der Waals surface area contributed by atoms with Crippen LogP contribution in [0, 0.1) is 17.2 Å². The van der Waals surface area contributed by atoms with Gasteiger partial charge < -0.3 is 19.4 Å². The van der Waals surface area contributed by atoms with Crippen molar-refractivity contribution in [1.82, 2.24) is 24.5 Å². The molecular formula is C32H47FN6O2S. The van der Waals surface area contributed by atoms with Crippen LogP contribution in [0.4, 0.5) is 10.2 Å². The minimum Gasteiger partial charge on any atom is -0.451 e. The first-order chi connectivity index (χ1) is 20.3. The molecule has 3 heterocycles. The maximum Gasteiger partial charge on any atom is 0.257 e. The van der Waals surface area contributed by atoms with Crippen molar-refractivity contribution in [3.8, 4) is 11.5 Å². The number of likely N-dealkylation sites (tertiary alicyclic amines) is 1. The molecule has 1 aromatic heterocycles. The number of anilines is 1. The Morgan fingerprint density at radius 1 is 1.19 bits per heavy atom. The molecule has 5 rings (SSSR count). The van der Waals surface area contributed by atoms with E-state index in [9.17, 15) is 9.18 Å². The van der Waals surface area contributed by atoms with Gasteiger partial charge in [0.1, 0.15) is 17.9 Å². The zero-order valence-corrected chi connectivity index (χ0v) is 26.5. The molecule has 2 saturated heterocycles. The first kappa shape index (κ1) is 31.0. The lowest BCUT2D eigenvalue weighted by Gasteiger charge is -2.44.